The van der Waals surface area contributed by atoms with Gasteiger partial charge in [0.25, 0.3) is 5.91 Å². The van der Waals surface area contributed by atoms with Crippen molar-refractivity contribution in [3.63, 3.8) is 0 Å². The fourth-order valence-electron chi connectivity index (χ4n) is 3.73. The van der Waals surface area contributed by atoms with Gasteiger partial charge in [0.15, 0.2) is 6.61 Å². The van der Waals surface area contributed by atoms with Crippen LogP contribution in [0.25, 0.3) is 10.8 Å². The second kappa shape index (κ2) is 7.66. The number of amides is 1. The highest BCUT2D eigenvalue weighted by atomic mass is 16.5. The average molecular weight is 391 g/mol. The zero-order chi connectivity index (χ0) is 20.4. The zero-order valence-electron chi connectivity index (χ0n) is 16.9. The van der Waals surface area contributed by atoms with Gasteiger partial charge in [0.2, 0.25) is 0 Å². The van der Waals surface area contributed by atoms with E-state index in [1.54, 1.807) is 7.11 Å². The molecule has 0 saturated heterocycles. The Morgan fingerprint density at radius 1 is 1.07 bits per heavy atom. The van der Waals surface area contributed by atoms with E-state index in [1.807, 2.05) is 74.5 Å². The van der Waals surface area contributed by atoms with Gasteiger partial charge < -0.3 is 19.5 Å². The molecule has 1 atom stereocenters. The Kier molecular flexibility index (Phi) is 5.05. The minimum atomic E-state index is -0.376. The van der Waals surface area contributed by atoms with Gasteiger partial charge in [0.1, 0.15) is 22.8 Å². The molecule has 0 saturated carbocycles. The average Bonchev–Trinajstić information content (AvgIpc) is 2.71. The molecule has 1 aliphatic rings. The number of nitrogens with one attached hydrogen (secondary N) is 1. The first-order valence-corrected chi connectivity index (χ1v) is 9.71. The van der Waals surface area contributed by atoms with Gasteiger partial charge in [-0.15, -0.1) is 0 Å². The maximum Gasteiger partial charge on any atom is 0.258 e. The van der Waals surface area contributed by atoms with Crippen LogP contribution in [0.5, 0.6) is 17.2 Å². The van der Waals surface area contributed by atoms with Crippen LogP contribution in [0, 0.1) is 0 Å². The van der Waals surface area contributed by atoms with E-state index in [0.29, 0.717) is 12.2 Å². The molecule has 150 valence electrons. The molecular formula is C24H25NO4. The molecule has 1 aliphatic heterocycles. The Labute approximate surface area is 170 Å². The Balaban J connectivity index is 1.46. The Bertz CT molecular complexity index is 1040. The van der Waals surface area contributed by atoms with Crippen LogP contribution in [-0.4, -0.2) is 25.2 Å². The summed E-state index contributed by atoms with van der Waals surface area (Å²) in [5.74, 6) is 2.00. The number of carbonyl (C=O) groups is 1. The van der Waals surface area contributed by atoms with Crippen LogP contribution in [0.15, 0.2) is 60.7 Å². The third kappa shape index (κ3) is 4.29. The second-order valence-corrected chi connectivity index (χ2v) is 7.89. The van der Waals surface area contributed by atoms with E-state index in [2.05, 4.69) is 5.32 Å². The van der Waals surface area contributed by atoms with E-state index in [0.717, 1.165) is 27.8 Å². The largest absolute Gasteiger partial charge is 0.497 e. The van der Waals surface area contributed by atoms with Crippen LogP contribution in [0.1, 0.15) is 31.9 Å². The number of hydrogen-bond donors (Lipinski definition) is 1. The normalized spacial score (nSPS) is 17.1. The van der Waals surface area contributed by atoms with Gasteiger partial charge in [-0.2, -0.15) is 0 Å². The van der Waals surface area contributed by atoms with Crippen LogP contribution in [0.3, 0.4) is 0 Å². The van der Waals surface area contributed by atoms with Crippen molar-refractivity contribution in [1.29, 1.82) is 0 Å². The minimum absolute atomic E-state index is 0.0462. The molecule has 29 heavy (non-hydrogen) atoms. The van der Waals surface area contributed by atoms with Crippen molar-refractivity contribution in [2.75, 3.05) is 13.7 Å². The monoisotopic (exact) mass is 391 g/mol. The van der Waals surface area contributed by atoms with Crippen molar-refractivity contribution < 1.29 is 19.0 Å². The Morgan fingerprint density at radius 2 is 1.83 bits per heavy atom. The molecule has 0 spiro atoms. The summed E-state index contributed by atoms with van der Waals surface area (Å²) in [6, 6.07) is 19.4. The molecule has 1 heterocycles. The molecule has 3 aromatic carbocycles. The van der Waals surface area contributed by atoms with Crippen molar-refractivity contribution >= 4 is 16.7 Å². The fourth-order valence-corrected chi connectivity index (χ4v) is 3.73. The van der Waals surface area contributed by atoms with Gasteiger partial charge >= 0.3 is 0 Å². The summed E-state index contributed by atoms with van der Waals surface area (Å²) in [4.78, 5) is 12.6. The van der Waals surface area contributed by atoms with Crippen LogP contribution >= 0.6 is 0 Å². The molecule has 5 nitrogen and oxygen atoms in total. The quantitative estimate of drug-likeness (QED) is 0.688. The number of fused-ring (bicyclic) bond motifs is 2. The summed E-state index contributed by atoms with van der Waals surface area (Å²) in [6.07, 6.45) is 0.662. The lowest BCUT2D eigenvalue weighted by molar-refractivity contribution is -0.124. The predicted octanol–water partition coefficient (Wildman–Crippen LogP) is 4.65. The first-order chi connectivity index (χ1) is 13.9. The molecule has 1 amide bonds. The lowest BCUT2D eigenvalue weighted by Gasteiger charge is -2.38. The third-order valence-corrected chi connectivity index (χ3v) is 5.10. The highest BCUT2D eigenvalue weighted by Gasteiger charge is 2.34. The van der Waals surface area contributed by atoms with Gasteiger partial charge in [-0.05, 0) is 55.0 Å². The Morgan fingerprint density at radius 3 is 2.62 bits per heavy atom. The lowest BCUT2D eigenvalue weighted by Crippen LogP contribution is -2.42. The summed E-state index contributed by atoms with van der Waals surface area (Å²) in [5, 5.41) is 5.31. The molecule has 5 heteroatoms. The highest BCUT2D eigenvalue weighted by molar-refractivity contribution is 5.84. The first-order valence-electron chi connectivity index (χ1n) is 9.71. The number of carbonyl (C=O) groups excluding carboxylic acids is 1. The highest BCUT2D eigenvalue weighted by Crippen LogP contribution is 2.41. The molecule has 0 radical (unpaired) electrons. The van der Waals surface area contributed by atoms with E-state index >= 15 is 0 Å². The Hall–Kier alpha value is -3.21. The van der Waals surface area contributed by atoms with E-state index < -0.39 is 0 Å². The van der Waals surface area contributed by atoms with Crippen molar-refractivity contribution in [2.24, 2.45) is 0 Å². The summed E-state index contributed by atoms with van der Waals surface area (Å²) < 4.78 is 17.1. The number of hydrogen-bond acceptors (Lipinski definition) is 4. The van der Waals surface area contributed by atoms with Gasteiger partial charge in [0, 0.05) is 12.0 Å². The van der Waals surface area contributed by atoms with E-state index in [9.17, 15) is 4.79 Å². The molecule has 3 aromatic rings. The predicted molar refractivity (Wildman–Crippen MR) is 113 cm³/mol. The van der Waals surface area contributed by atoms with E-state index in [1.165, 1.54) is 0 Å². The van der Waals surface area contributed by atoms with Gasteiger partial charge in [-0.1, -0.05) is 30.3 Å². The third-order valence-electron chi connectivity index (χ3n) is 5.10. The van der Waals surface area contributed by atoms with E-state index in [4.69, 9.17) is 14.2 Å². The molecule has 1 N–H and O–H groups in total. The van der Waals surface area contributed by atoms with Crippen LogP contribution in [0.2, 0.25) is 0 Å². The second-order valence-electron chi connectivity index (χ2n) is 7.89. The van der Waals surface area contributed by atoms with Crippen molar-refractivity contribution in [3.8, 4) is 17.2 Å². The van der Waals surface area contributed by atoms with Crippen molar-refractivity contribution in [2.45, 2.75) is 31.9 Å². The lowest BCUT2D eigenvalue weighted by atomic mass is 9.89. The molecule has 0 bridgehead atoms. The molecule has 0 aromatic heterocycles. The first kappa shape index (κ1) is 19.1. The van der Waals surface area contributed by atoms with Crippen molar-refractivity contribution in [3.05, 3.63) is 66.2 Å². The summed E-state index contributed by atoms with van der Waals surface area (Å²) in [5.41, 5.74) is 0.543. The van der Waals surface area contributed by atoms with Crippen LogP contribution in [0.4, 0.5) is 0 Å². The molecular weight excluding hydrogens is 366 g/mol. The molecule has 0 unspecified atom stereocenters. The summed E-state index contributed by atoms with van der Waals surface area (Å²) >= 11 is 0. The molecule has 0 fully saturated rings. The summed E-state index contributed by atoms with van der Waals surface area (Å²) in [6.45, 7) is 3.99. The van der Waals surface area contributed by atoms with Gasteiger partial charge in [-0.3, -0.25) is 4.79 Å². The maximum atomic E-state index is 12.6. The zero-order valence-corrected chi connectivity index (χ0v) is 16.9. The number of benzene rings is 3. The summed E-state index contributed by atoms with van der Waals surface area (Å²) in [7, 11) is 1.63. The standard InChI is InChI=1S/C24H25NO4/c1-24(2)14-21(20-13-18(27-3)10-11-22(20)29-24)25-23(26)15-28-19-9-8-16-6-4-5-7-17(16)12-19/h4-13,21H,14-15H2,1-3H3,(H,25,26)/t21-/m1/s1. The van der Waals surface area contributed by atoms with Crippen LogP contribution < -0.4 is 19.5 Å². The van der Waals surface area contributed by atoms with Gasteiger partial charge in [0.05, 0.1) is 13.2 Å². The van der Waals surface area contributed by atoms with Crippen LogP contribution in [-0.2, 0) is 4.79 Å². The number of methoxy groups -OCH3 is 1. The fraction of sp³-hybridized carbons (Fsp3) is 0.292. The topological polar surface area (TPSA) is 56.8 Å². The van der Waals surface area contributed by atoms with E-state index in [-0.39, 0.29) is 24.2 Å². The van der Waals surface area contributed by atoms with Crippen molar-refractivity contribution in [1.82, 2.24) is 5.32 Å². The smallest absolute Gasteiger partial charge is 0.258 e. The van der Waals surface area contributed by atoms with Gasteiger partial charge in [-0.25, -0.2) is 0 Å². The SMILES string of the molecule is COc1ccc2c(c1)[C@H](NC(=O)COc1ccc3ccccc3c1)CC(C)(C)O2. The maximum absolute atomic E-state index is 12.6. The molecule has 0 aliphatic carbocycles. The minimum Gasteiger partial charge on any atom is -0.497 e. The number of ether oxygens (including phenoxy) is 3. The molecule has 4 rings (SSSR count). The number of rotatable bonds is 5.